The van der Waals surface area contributed by atoms with E-state index in [2.05, 4.69) is 27.7 Å². The van der Waals surface area contributed by atoms with Crippen molar-refractivity contribution in [3.05, 3.63) is 0 Å². The molecule has 2 fully saturated rings. The lowest BCUT2D eigenvalue weighted by molar-refractivity contribution is -0.130. The summed E-state index contributed by atoms with van der Waals surface area (Å²) in [6.07, 6.45) is 10.5. The molecule has 4 unspecified atom stereocenters. The van der Waals surface area contributed by atoms with Crippen molar-refractivity contribution < 1.29 is 9.90 Å². The molecule has 1 N–H and O–H groups in total. The summed E-state index contributed by atoms with van der Waals surface area (Å²) in [6, 6.07) is 0. The van der Waals surface area contributed by atoms with Crippen LogP contribution in [-0.4, -0.2) is 16.5 Å². The lowest BCUT2D eigenvalue weighted by Gasteiger charge is -2.42. The van der Waals surface area contributed by atoms with Gasteiger partial charge < -0.3 is 5.11 Å². The van der Waals surface area contributed by atoms with Crippen LogP contribution >= 0.6 is 0 Å². The third-order valence-corrected chi connectivity index (χ3v) is 7.24. The molecule has 0 aromatic heterocycles. The van der Waals surface area contributed by atoms with Crippen LogP contribution in [0.1, 0.15) is 91.9 Å². The van der Waals surface area contributed by atoms with Crippen LogP contribution < -0.4 is 0 Å². The number of carbonyl (C=O) groups excluding carboxylic acids is 1. The van der Waals surface area contributed by atoms with Crippen molar-refractivity contribution in [1.82, 2.24) is 0 Å². The summed E-state index contributed by atoms with van der Waals surface area (Å²) in [5.41, 5.74) is -0.191. The Balaban J connectivity index is 1.90. The Morgan fingerprint density at radius 2 is 2.00 bits per heavy atom. The fourth-order valence-corrected chi connectivity index (χ4v) is 5.46. The third kappa shape index (κ3) is 3.42. The normalized spacial score (nSPS) is 33.8. The molecule has 0 radical (unpaired) electrons. The summed E-state index contributed by atoms with van der Waals surface area (Å²) in [4.78, 5) is 12.2. The van der Waals surface area contributed by atoms with Gasteiger partial charge in [-0.25, -0.2) is 0 Å². The predicted molar refractivity (Wildman–Crippen MR) is 91.7 cm³/mol. The van der Waals surface area contributed by atoms with E-state index in [1.807, 2.05) is 0 Å². The molecule has 0 aromatic rings. The highest BCUT2D eigenvalue weighted by atomic mass is 16.3. The van der Waals surface area contributed by atoms with E-state index in [1.165, 1.54) is 19.3 Å². The van der Waals surface area contributed by atoms with Crippen LogP contribution in [0.5, 0.6) is 0 Å². The Hall–Kier alpha value is -0.370. The van der Waals surface area contributed by atoms with Crippen molar-refractivity contribution in [2.75, 3.05) is 0 Å². The number of hydrogen-bond acceptors (Lipinski definition) is 2. The molecule has 0 aliphatic heterocycles. The van der Waals surface area contributed by atoms with Gasteiger partial charge in [0, 0.05) is 12.3 Å². The highest BCUT2D eigenvalue weighted by Crippen LogP contribution is 2.57. The minimum absolute atomic E-state index is 0.264. The average Bonchev–Trinajstić information content (AvgIpc) is 2.85. The Bertz CT molecular complexity index is 385. The van der Waals surface area contributed by atoms with E-state index in [-0.39, 0.29) is 5.41 Å². The number of ketones is 1. The lowest BCUT2D eigenvalue weighted by Crippen LogP contribution is -2.39. The second-order valence-corrected chi connectivity index (χ2v) is 8.36. The molecular formula is C20H36O2. The fraction of sp³-hybridized carbons (Fsp3) is 0.950. The topological polar surface area (TPSA) is 37.3 Å². The number of Topliss-reactive ketones (excluding diaryl/α,β-unsaturated/α-hetero) is 1. The molecule has 2 rings (SSSR count). The van der Waals surface area contributed by atoms with Gasteiger partial charge in [0.25, 0.3) is 0 Å². The first-order valence-electron chi connectivity index (χ1n) is 9.61. The summed E-state index contributed by atoms with van der Waals surface area (Å²) < 4.78 is 0. The van der Waals surface area contributed by atoms with Gasteiger partial charge in [0.05, 0.1) is 5.60 Å². The van der Waals surface area contributed by atoms with Gasteiger partial charge in [-0.2, -0.15) is 0 Å². The number of hydrogen-bond donors (Lipinski definition) is 1. The number of fused-ring (bicyclic) bond motifs is 1. The molecule has 2 saturated carbocycles. The maximum Gasteiger partial charge on any atom is 0.136 e. The summed E-state index contributed by atoms with van der Waals surface area (Å²) >= 11 is 0. The molecule has 0 aromatic carbocycles. The Morgan fingerprint density at radius 3 is 2.64 bits per heavy atom. The third-order valence-electron chi connectivity index (χ3n) is 7.24. The largest absolute Gasteiger partial charge is 0.390 e. The van der Waals surface area contributed by atoms with Crippen LogP contribution in [0, 0.1) is 23.2 Å². The van der Waals surface area contributed by atoms with Crippen molar-refractivity contribution >= 4 is 5.78 Å². The van der Waals surface area contributed by atoms with Gasteiger partial charge in [0.1, 0.15) is 5.78 Å². The van der Waals surface area contributed by atoms with E-state index in [0.717, 1.165) is 44.9 Å². The molecule has 2 aliphatic carbocycles. The number of rotatable bonds is 7. The van der Waals surface area contributed by atoms with Gasteiger partial charge in [-0.15, -0.1) is 0 Å². The minimum atomic E-state index is -0.456. The SMILES string of the molecule is CCC(O)(CC)CCCC(C)C1CCC2C(=O)CCCC21C. The van der Waals surface area contributed by atoms with E-state index in [1.54, 1.807) is 0 Å². The molecule has 4 atom stereocenters. The van der Waals surface area contributed by atoms with Crippen molar-refractivity contribution in [3.8, 4) is 0 Å². The zero-order valence-corrected chi connectivity index (χ0v) is 15.2. The highest BCUT2D eigenvalue weighted by Gasteiger charge is 2.52. The van der Waals surface area contributed by atoms with E-state index >= 15 is 0 Å². The second-order valence-electron chi connectivity index (χ2n) is 8.36. The molecule has 0 amide bonds. The van der Waals surface area contributed by atoms with Crippen molar-refractivity contribution in [1.29, 1.82) is 0 Å². The highest BCUT2D eigenvalue weighted by molar-refractivity contribution is 5.83. The van der Waals surface area contributed by atoms with E-state index < -0.39 is 5.60 Å². The molecular weight excluding hydrogens is 272 g/mol. The first-order chi connectivity index (χ1) is 10.4. The molecule has 2 heteroatoms. The Kier molecular flexibility index (Phi) is 5.74. The van der Waals surface area contributed by atoms with Crippen molar-refractivity contribution in [2.24, 2.45) is 23.2 Å². The Morgan fingerprint density at radius 1 is 1.32 bits per heavy atom. The van der Waals surface area contributed by atoms with Crippen molar-refractivity contribution in [2.45, 2.75) is 97.5 Å². The lowest BCUT2D eigenvalue weighted by atomic mass is 9.62. The van der Waals surface area contributed by atoms with Crippen LogP contribution in [0.2, 0.25) is 0 Å². The number of carbonyl (C=O) groups is 1. The summed E-state index contributed by atoms with van der Waals surface area (Å²) in [6.45, 7) is 8.94. The van der Waals surface area contributed by atoms with Crippen LogP contribution in [0.3, 0.4) is 0 Å². The second kappa shape index (κ2) is 7.03. The maximum atomic E-state index is 12.2. The summed E-state index contributed by atoms with van der Waals surface area (Å²) in [7, 11) is 0. The monoisotopic (exact) mass is 308 g/mol. The Labute approximate surface area is 137 Å². The zero-order chi connectivity index (χ0) is 16.4. The number of aliphatic hydroxyl groups is 1. The van der Waals surface area contributed by atoms with E-state index in [9.17, 15) is 9.90 Å². The van der Waals surface area contributed by atoms with Crippen LogP contribution in [0.15, 0.2) is 0 Å². The molecule has 128 valence electrons. The standard InChI is InChI=1S/C20H36O2/c1-5-20(22,6-2)14-7-9-15(3)16-11-12-17-18(21)10-8-13-19(16,17)4/h15-17,22H,5-14H2,1-4H3. The summed E-state index contributed by atoms with van der Waals surface area (Å²) in [5.74, 6) is 2.27. The molecule has 0 bridgehead atoms. The smallest absolute Gasteiger partial charge is 0.136 e. The molecule has 0 heterocycles. The minimum Gasteiger partial charge on any atom is -0.390 e. The molecule has 2 nitrogen and oxygen atoms in total. The molecule has 0 saturated heterocycles. The van der Waals surface area contributed by atoms with Gasteiger partial charge in [-0.1, -0.05) is 40.5 Å². The van der Waals surface area contributed by atoms with Crippen LogP contribution in [-0.2, 0) is 4.79 Å². The van der Waals surface area contributed by atoms with E-state index in [4.69, 9.17) is 0 Å². The first kappa shape index (κ1) is 18.0. The van der Waals surface area contributed by atoms with Crippen LogP contribution in [0.4, 0.5) is 0 Å². The van der Waals surface area contributed by atoms with Gasteiger partial charge in [0.2, 0.25) is 0 Å². The summed E-state index contributed by atoms with van der Waals surface area (Å²) in [5, 5.41) is 10.4. The van der Waals surface area contributed by atoms with Gasteiger partial charge >= 0.3 is 0 Å². The van der Waals surface area contributed by atoms with Gasteiger partial charge in [-0.05, 0) is 62.2 Å². The quantitative estimate of drug-likeness (QED) is 0.708. The molecule has 0 spiro atoms. The van der Waals surface area contributed by atoms with Gasteiger partial charge in [0.15, 0.2) is 0 Å². The first-order valence-corrected chi connectivity index (χ1v) is 9.61. The van der Waals surface area contributed by atoms with Gasteiger partial charge in [-0.3, -0.25) is 4.79 Å². The maximum absolute atomic E-state index is 12.2. The predicted octanol–water partition coefficient (Wildman–Crippen LogP) is 5.13. The molecule has 2 aliphatic rings. The molecule has 22 heavy (non-hydrogen) atoms. The zero-order valence-electron chi connectivity index (χ0n) is 15.2. The van der Waals surface area contributed by atoms with Crippen molar-refractivity contribution in [3.63, 3.8) is 0 Å². The fourth-order valence-electron chi connectivity index (χ4n) is 5.46. The van der Waals surface area contributed by atoms with E-state index in [0.29, 0.717) is 23.5 Å². The van der Waals surface area contributed by atoms with Crippen LogP contribution in [0.25, 0.3) is 0 Å². The average molecular weight is 309 g/mol.